The van der Waals surface area contributed by atoms with Crippen LogP contribution in [0.15, 0.2) is 29.3 Å². The first-order valence-corrected chi connectivity index (χ1v) is 8.47. The van der Waals surface area contributed by atoms with Crippen molar-refractivity contribution in [3.8, 4) is 0 Å². The van der Waals surface area contributed by atoms with Gasteiger partial charge in [-0.25, -0.2) is 0 Å². The molecule has 2 rings (SSSR count). The van der Waals surface area contributed by atoms with E-state index >= 15 is 0 Å². The monoisotopic (exact) mass is 302 g/mol. The second-order valence-corrected chi connectivity index (χ2v) is 6.01. The molecular weight excluding hydrogens is 272 g/mol. The molecule has 1 unspecified atom stereocenters. The summed E-state index contributed by atoms with van der Waals surface area (Å²) in [6.07, 6.45) is 3.97. The molecule has 0 aromatic heterocycles. The highest BCUT2D eigenvalue weighted by atomic mass is 15.2. The van der Waals surface area contributed by atoms with Crippen LogP contribution in [0.5, 0.6) is 0 Å². The molecule has 1 aromatic carbocycles. The summed E-state index contributed by atoms with van der Waals surface area (Å²) >= 11 is 0. The predicted molar refractivity (Wildman–Crippen MR) is 94.3 cm³/mol. The van der Waals surface area contributed by atoms with E-state index in [0.29, 0.717) is 6.04 Å². The zero-order valence-electron chi connectivity index (χ0n) is 14.2. The summed E-state index contributed by atoms with van der Waals surface area (Å²) in [5.41, 5.74) is 2.63. The number of hydrogen-bond acceptors (Lipinski definition) is 2. The lowest BCUT2D eigenvalue weighted by Crippen LogP contribution is -2.48. The molecule has 4 heteroatoms. The molecule has 1 saturated heterocycles. The van der Waals surface area contributed by atoms with Gasteiger partial charge in [-0.3, -0.25) is 9.89 Å². The number of nitrogens with one attached hydrogen (secondary N) is 2. The van der Waals surface area contributed by atoms with Crippen LogP contribution in [0.2, 0.25) is 0 Å². The first-order chi connectivity index (χ1) is 10.7. The Kier molecular flexibility index (Phi) is 6.72. The largest absolute Gasteiger partial charge is 0.355 e. The Bertz CT molecular complexity index is 484. The van der Waals surface area contributed by atoms with E-state index in [9.17, 15) is 0 Å². The minimum Gasteiger partial charge on any atom is -0.355 e. The number of aliphatic imine (C=N–C) groups is 1. The quantitative estimate of drug-likeness (QED) is 0.648. The molecule has 4 nitrogen and oxygen atoms in total. The van der Waals surface area contributed by atoms with Crippen LogP contribution in [0.1, 0.15) is 37.3 Å². The van der Waals surface area contributed by atoms with E-state index < -0.39 is 0 Å². The number of hydrogen-bond donors (Lipinski definition) is 2. The van der Waals surface area contributed by atoms with Crippen LogP contribution in [-0.4, -0.2) is 43.6 Å². The number of rotatable bonds is 5. The third-order valence-corrected chi connectivity index (χ3v) is 4.59. The first-order valence-electron chi connectivity index (χ1n) is 8.47. The molecule has 0 amide bonds. The zero-order chi connectivity index (χ0) is 15.8. The molecule has 0 radical (unpaired) electrons. The van der Waals surface area contributed by atoms with Gasteiger partial charge in [-0.1, -0.05) is 37.6 Å². The Morgan fingerprint density at radius 1 is 1.27 bits per heavy atom. The van der Waals surface area contributed by atoms with Crippen molar-refractivity contribution >= 4 is 5.96 Å². The Balaban J connectivity index is 1.81. The summed E-state index contributed by atoms with van der Waals surface area (Å²) < 4.78 is 0. The minimum absolute atomic E-state index is 0.635. The predicted octanol–water partition coefficient (Wildman–Crippen LogP) is 2.53. The summed E-state index contributed by atoms with van der Waals surface area (Å²) in [4.78, 5) is 6.92. The molecule has 122 valence electrons. The fourth-order valence-corrected chi connectivity index (χ4v) is 3.13. The Hall–Kier alpha value is -1.55. The van der Waals surface area contributed by atoms with Crippen molar-refractivity contribution in [1.29, 1.82) is 0 Å². The van der Waals surface area contributed by atoms with Crippen molar-refractivity contribution in [3.05, 3.63) is 35.4 Å². The normalized spacial score (nSPS) is 20.0. The maximum Gasteiger partial charge on any atom is 0.191 e. The molecule has 0 spiro atoms. The van der Waals surface area contributed by atoms with Crippen LogP contribution in [-0.2, 0) is 6.54 Å². The Morgan fingerprint density at radius 2 is 2.09 bits per heavy atom. The minimum atomic E-state index is 0.635. The van der Waals surface area contributed by atoms with Crippen molar-refractivity contribution < 1.29 is 0 Å². The van der Waals surface area contributed by atoms with Crippen LogP contribution >= 0.6 is 0 Å². The summed E-state index contributed by atoms with van der Waals surface area (Å²) in [6.45, 7) is 8.56. The average Bonchev–Trinajstić information content (AvgIpc) is 2.56. The number of guanidine groups is 1. The summed E-state index contributed by atoms with van der Waals surface area (Å²) in [7, 11) is 1.84. The van der Waals surface area contributed by atoms with Gasteiger partial charge < -0.3 is 10.6 Å². The van der Waals surface area contributed by atoms with Crippen LogP contribution in [0, 0.1) is 6.92 Å². The van der Waals surface area contributed by atoms with Crippen LogP contribution < -0.4 is 10.6 Å². The van der Waals surface area contributed by atoms with Crippen molar-refractivity contribution in [2.45, 2.75) is 45.7 Å². The van der Waals surface area contributed by atoms with Gasteiger partial charge in [0.05, 0.1) is 0 Å². The Labute approximate surface area is 135 Å². The van der Waals surface area contributed by atoms with E-state index in [1.54, 1.807) is 0 Å². The molecule has 22 heavy (non-hydrogen) atoms. The van der Waals surface area contributed by atoms with Gasteiger partial charge in [-0.15, -0.1) is 0 Å². The number of benzene rings is 1. The number of piperidine rings is 1. The van der Waals surface area contributed by atoms with E-state index in [4.69, 9.17) is 0 Å². The second-order valence-electron chi connectivity index (χ2n) is 6.01. The lowest BCUT2D eigenvalue weighted by Gasteiger charge is -2.35. The molecule has 0 bridgehead atoms. The van der Waals surface area contributed by atoms with Gasteiger partial charge in [0.25, 0.3) is 0 Å². The van der Waals surface area contributed by atoms with Crippen molar-refractivity contribution in [1.82, 2.24) is 15.5 Å². The SMILES string of the molecule is CCN1CCCCC1CNC(=NC)NCc1ccccc1C. The zero-order valence-corrected chi connectivity index (χ0v) is 14.2. The van der Waals surface area contributed by atoms with Gasteiger partial charge in [0.2, 0.25) is 0 Å². The molecule has 1 heterocycles. The van der Waals surface area contributed by atoms with Gasteiger partial charge >= 0.3 is 0 Å². The van der Waals surface area contributed by atoms with E-state index in [1.165, 1.54) is 36.9 Å². The second kappa shape index (κ2) is 8.79. The number of aryl methyl sites for hydroxylation is 1. The molecule has 1 aliphatic heterocycles. The molecule has 1 fully saturated rings. The number of nitrogens with zero attached hydrogens (tertiary/aromatic N) is 2. The van der Waals surface area contributed by atoms with Crippen LogP contribution in [0.3, 0.4) is 0 Å². The fourth-order valence-electron chi connectivity index (χ4n) is 3.13. The molecule has 1 atom stereocenters. The third kappa shape index (κ3) is 4.73. The highest BCUT2D eigenvalue weighted by Crippen LogP contribution is 2.15. The number of likely N-dealkylation sites (N-methyl/N-ethyl adjacent to an activating group) is 1. The van der Waals surface area contributed by atoms with Crippen molar-refractivity contribution in [3.63, 3.8) is 0 Å². The summed E-state index contributed by atoms with van der Waals surface area (Å²) in [5.74, 6) is 0.893. The molecule has 1 aliphatic rings. The van der Waals surface area contributed by atoms with Crippen molar-refractivity contribution in [2.75, 3.05) is 26.7 Å². The fraction of sp³-hybridized carbons (Fsp3) is 0.611. The topological polar surface area (TPSA) is 39.7 Å². The maximum absolute atomic E-state index is 4.34. The third-order valence-electron chi connectivity index (χ3n) is 4.59. The van der Waals surface area contributed by atoms with Gasteiger partial charge in [-0.2, -0.15) is 0 Å². The molecular formula is C18H30N4. The first kappa shape index (κ1) is 16.8. The Morgan fingerprint density at radius 3 is 2.82 bits per heavy atom. The summed E-state index contributed by atoms with van der Waals surface area (Å²) in [6, 6.07) is 9.11. The van der Waals surface area contributed by atoms with Crippen LogP contribution in [0.25, 0.3) is 0 Å². The highest BCUT2D eigenvalue weighted by Gasteiger charge is 2.20. The summed E-state index contributed by atoms with van der Waals surface area (Å²) in [5, 5.41) is 6.91. The van der Waals surface area contributed by atoms with E-state index in [-0.39, 0.29) is 0 Å². The number of likely N-dealkylation sites (tertiary alicyclic amines) is 1. The highest BCUT2D eigenvalue weighted by molar-refractivity contribution is 5.79. The maximum atomic E-state index is 4.34. The van der Waals surface area contributed by atoms with Gasteiger partial charge in [0.1, 0.15) is 0 Å². The van der Waals surface area contributed by atoms with E-state index in [0.717, 1.165) is 25.6 Å². The standard InChI is InChI=1S/C18H30N4/c1-4-22-12-8-7-11-17(22)14-21-18(19-3)20-13-16-10-6-5-9-15(16)2/h5-6,9-10,17H,4,7-8,11-14H2,1-3H3,(H2,19,20,21). The van der Waals surface area contributed by atoms with Crippen molar-refractivity contribution in [2.24, 2.45) is 4.99 Å². The lowest BCUT2D eigenvalue weighted by atomic mass is 10.0. The van der Waals surface area contributed by atoms with E-state index in [1.807, 2.05) is 7.05 Å². The molecule has 2 N–H and O–H groups in total. The van der Waals surface area contributed by atoms with E-state index in [2.05, 4.69) is 58.6 Å². The van der Waals surface area contributed by atoms with Gasteiger partial charge in [-0.05, 0) is 44.0 Å². The van der Waals surface area contributed by atoms with Gasteiger partial charge in [0.15, 0.2) is 5.96 Å². The lowest BCUT2D eigenvalue weighted by molar-refractivity contribution is 0.157. The molecule has 1 aromatic rings. The average molecular weight is 302 g/mol. The molecule has 0 saturated carbocycles. The van der Waals surface area contributed by atoms with Crippen LogP contribution in [0.4, 0.5) is 0 Å². The van der Waals surface area contributed by atoms with Gasteiger partial charge in [0, 0.05) is 26.2 Å². The smallest absolute Gasteiger partial charge is 0.191 e. The molecule has 0 aliphatic carbocycles.